The van der Waals surface area contributed by atoms with Crippen LogP contribution in [0.2, 0.25) is 0 Å². The van der Waals surface area contributed by atoms with E-state index in [4.69, 9.17) is 0 Å². The van der Waals surface area contributed by atoms with Crippen LogP contribution in [0, 0.1) is 0 Å². The summed E-state index contributed by atoms with van der Waals surface area (Å²) in [7, 11) is 0. The van der Waals surface area contributed by atoms with E-state index in [0.29, 0.717) is 5.56 Å². The molecule has 1 atom stereocenters. The molecule has 0 amide bonds. The van der Waals surface area contributed by atoms with Gasteiger partial charge < -0.3 is 10.2 Å². The molecule has 0 aromatic heterocycles. The van der Waals surface area contributed by atoms with Crippen LogP contribution in [0.15, 0.2) is 54.6 Å². The van der Waals surface area contributed by atoms with Gasteiger partial charge in [-0.15, -0.1) is 0 Å². The van der Waals surface area contributed by atoms with Crippen molar-refractivity contribution < 1.29 is 19.8 Å². The standard InChI is InChI=1S/C16H14O4/c1-16(15(19)20,11-7-3-2-4-8-11)14(18)12-9-5-6-10-13(12)17/h2-10,17H,1H3,(H,19,20). The number of hydrogen-bond donors (Lipinski definition) is 2. The average Bonchev–Trinajstić information content (AvgIpc) is 2.47. The van der Waals surface area contributed by atoms with Gasteiger partial charge in [0.2, 0.25) is 0 Å². The first-order chi connectivity index (χ1) is 9.48. The minimum atomic E-state index is -1.74. The lowest BCUT2D eigenvalue weighted by atomic mass is 9.76. The first-order valence-corrected chi connectivity index (χ1v) is 6.09. The fourth-order valence-corrected chi connectivity index (χ4v) is 2.06. The number of benzene rings is 2. The minimum absolute atomic E-state index is 0.00116. The number of carboxylic acid groups (broad SMARTS) is 1. The molecule has 102 valence electrons. The average molecular weight is 270 g/mol. The smallest absolute Gasteiger partial charge is 0.321 e. The van der Waals surface area contributed by atoms with E-state index in [1.807, 2.05) is 0 Å². The number of aliphatic carboxylic acids is 1. The topological polar surface area (TPSA) is 74.6 Å². The predicted octanol–water partition coefficient (Wildman–Crippen LogP) is 2.62. The van der Waals surface area contributed by atoms with Crippen molar-refractivity contribution in [3.8, 4) is 5.75 Å². The summed E-state index contributed by atoms with van der Waals surface area (Å²) in [5.41, 5.74) is -1.36. The van der Waals surface area contributed by atoms with Gasteiger partial charge in [-0.25, -0.2) is 0 Å². The van der Waals surface area contributed by atoms with E-state index in [-0.39, 0.29) is 11.3 Å². The molecular weight excluding hydrogens is 256 g/mol. The molecule has 2 N–H and O–H groups in total. The Morgan fingerprint density at radius 3 is 2.05 bits per heavy atom. The Labute approximate surface area is 116 Å². The number of Topliss-reactive ketones (excluding diaryl/α,β-unsaturated/α-hetero) is 1. The molecule has 0 heterocycles. The molecule has 0 aliphatic rings. The lowest BCUT2D eigenvalue weighted by molar-refractivity contribution is -0.141. The molecule has 4 heteroatoms. The zero-order chi connectivity index (χ0) is 14.8. The van der Waals surface area contributed by atoms with Crippen LogP contribution < -0.4 is 0 Å². The second-order valence-corrected chi connectivity index (χ2v) is 4.64. The normalized spacial score (nSPS) is 13.4. The number of hydrogen-bond acceptors (Lipinski definition) is 3. The highest BCUT2D eigenvalue weighted by atomic mass is 16.4. The van der Waals surface area contributed by atoms with Crippen molar-refractivity contribution in [1.82, 2.24) is 0 Å². The van der Waals surface area contributed by atoms with Crippen LogP contribution in [-0.2, 0) is 10.2 Å². The molecule has 0 aliphatic carbocycles. The molecule has 2 aromatic rings. The maximum Gasteiger partial charge on any atom is 0.321 e. The second-order valence-electron chi connectivity index (χ2n) is 4.64. The van der Waals surface area contributed by atoms with E-state index in [2.05, 4.69) is 0 Å². The van der Waals surface area contributed by atoms with E-state index in [9.17, 15) is 19.8 Å². The van der Waals surface area contributed by atoms with E-state index < -0.39 is 17.2 Å². The number of para-hydroxylation sites is 1. The highest BCUT2D eigenvalue weighted by molar-refractivity contribution is 6.17. The summed E-state index contributed by atoms with van der Waals surface area (Å²) in [6.45, 7) is 1.35. The largest absolute Gasteiger partial charge is 0.507 e. The van der Waals surface area contributed by atoms with Crippen molar-refractivity contribution in [3.63, 3.8) is 0 Å². The Balaban J connectivity index is 2.58. The van der Waals surface area contributed by atoms with Gasteiger partial charge >= 0.3 is 5.97 Å². The van der Waals surface area contributed by atoms with Gasteiger partial charge in [0.25, 0.3) is 0 Å². The lowest BCUT2D eigenvalue weighted by Crippen LogP contribution is -2.41. The van der Waals surface area contributed by atoms with Crippen LogP contribution in [0.25, 0.3) is 0 Å². The summed E-state index contributed by atoms with van der Waals surface area (Å²) in [6.07, 6.45) is 0. The number of aromatic hydroxyl groups is 1. The van der Waals surface area contributed by atoms with Gasteiger partial charge in [0.1, 0.15) is 5.75 Å². The van der Waals surface area contributed by atoms with Gasteiger partial charge in [-0.3, -0.25) is 9.59 Å². The number of phenols is 1. The molecule has 2 rings (SSSR count). The van der Waals surface area contributed by atoms with Crippen molar-refractivity contribution in [3.05, 3.63) is 65.7 Å². The highest BCUT2D eigenvalue weighted by Crippen LogP contribution is 2.31. The third kappa shape index (κ3) is 2.16. The Morgan fingerprint density at radius 2 is 1.50 bits per heavy atom. The second kappa shape index (κ2) is 5.17. The summed E-state index contributed by atoms with van der Waals surface area (Å²) in [6, 6.07) is 14.2. The number of carboxylic acids is 1. The maximum absolute atomic E-state index is 12.6. The SMILES string of the molecule is CC(C(=O)O)(C(=O)c1ccccc1O)c1ccccc1. The molecule has 0 saturated carbocycles. The van der Waals surface area contributed by atoms with Crippen LogP contribution in [0.3, 0.4) is 0 Å². The molecule has 0 fully saturated rings. The number of rotatable bonds is 4. The molecule has 4 nitrogen and oxygen atoms in total. The van der Waals surface area contributed by atoms with Gasteiger partial charge in [0, 0.05) is 0 Å². The molecule has 0 saturated heterocycles. The summed E-state index contributed by atoms with van der Waals surface area (Å²) in [4.78, 5) is 24.2. The van der Waals surface area contributed by atoms with E-state index in [1.165, 1.54) is 19.1 Å². The summed E-state index contributed by atoms with van der Waals surface area (Å²) in [5.74, 6) is -2.12. The van der Waals surface area contributed by atoms with Crippen molar-refractivity contribution in [2.24, 2.45) is 0 Å². The van der Waals surface area contributed by atoms with Crippen molar-refractivity contribution in [2.45, 2.75) is 12.3 Å². The molecule has 0 aliphatic heterocycles. The summed E-state index contributed by atoms with van der Waals surface area (Å²) < 4.78 is 0. The Kier molecular flexibility index (Phi) is 3.57. The third-order valence-corrected chi connectivity index (χ3v) is 3.38. The van der Waals surface area contributed by atoms with E-state index in [0.717, 1.165) is 0 Å². The van der Waals surface area contributed by atoms with Gasteiger partial charge in [-0.1, -0.05) is 42.5 Å². The number of phenolic OH excluding ortho intramolecular Hbond substituents is 1. The van der Waals surface area contributed by atoms with Gasteiger partial charge in [0.15, 0.2) is 11.2 Å². The lowest BCUT2D eigenvalue weighted by Gasteiger charge is -2.24. The number of ketones is 1. The third-order valence-electron chi connectivity index (χ3n) is 3.38. The Bertz CT molecular complexity index is 649. The summed E-state index contributed by atoms with van der Waals surface area (Å²) in [5, 5.41) is 19.3. The quantitative estimate of drug-likeness (QED) is 0.661. The fourth-order valence-electron chi connectivity index (χ4n) is 2.06. The molecule has 0 bridgehead atoms. The first kappa shape index (κ1) is 13.8. The maximum atomic E-state index is 12.6. The van der Waals surface area contributed by atoms with Crippen molar-refractivity contribution >= 4 is 11.8 Å². The van der Waals surface area contributed by atoms with Crippen LogP contribution in [0.4, 0.5) is 0 Å². The summed E-state index contributed by atoms with van der Waals surface area (Å²) >= 11 is 0. The highest BCUT2D eigenvalue weighted by Gasteiger charge is 2.44. The fraction of sp³-hybridized carbons (Fsp3) is 0.125. The van der Waals surface area contributed by atoms with Crippen molar-refractivity contribution in [2.75, 3.05) is 0 Å². The zero-order valence-corrected chi connectivity index (χ0v) is 10.9. The minimum Gasteiger partial charge on any atom is -0.507 e. The first-order valence-electron chi connectivity index (χ1n) is 6.09. The van der Waals surface area contributed by atoms with Crippen LogP contribution in [0.1, 0.15) is 22.8 Å². The molecule has 2 aromatic carbocycles. The zero-order valence-electron chi connectivity index (χ0n) is 10.9. The van der Waals surface area contributed by atoms with Crippen LogP contribution in [0.5, 0.6) is 5.75 Å². The Hall–Kier alpha value is -2.62. The molecule has 20 heavy (non-hydrogen) atoms. The molecule has 0 spiro atoms. The van der Waals surface area contributed by atoms with Crippen LogP contribution in [-0.4, -0.2) is 22.0 Å². The Morgan fingerprint density at radius 1 is 0.950 bits per heavy atom. The number of carbonyl (C=O) groups is 2. The molecule has 1 unspecified atom stereocenters. The van der Waals surface area contributed by atoms with Gasteiger partial charge in [0.05, 0.1) is 5.56 Å². The van der Waals surface area contributed by atoms with Gasteiger partial charge in [-0.2, -0.15) is 0 Å². The van der Waals surface area contributed by atoms with E-state index in [1.54, 1.807) is 42.5 Å². The predicted molar refractivity (Wildman–Crippen MR) is 73.9 cm³/mol. The molecular formula is C16H14O4. The molecule has 0 radical (unpaired) electrons. The van der Waals surface area contributed by atoms with Crippen LogP contribution >= 0.6 is 0 Å². The van der Waals surface area contributed by atoms with Gasteiger partial charge in [-0.05, 0) is 24.6 Å². The monoisotopic (exact) mass is 270 g/mol. The van der Waals surface area contributed by atoms with E-state index >= 15 is 0 Å². The number of carbonyl (C=O) groups excluding carboxylic acids is 1. The van der Waals surface area contributed by atoms with Crippen molar-refractivity contribution in [1.29, 1.82) is 0 Å².